The van der Waals surface area contributed by atoms with Crippen LogP contribution in [0.25, 0.3) is 0 Å². The molecule has 0 unspecified atom stereocenters. The van der Waals surface area contributed by atoms with E-state index in [1.54, 1.807) is 33.4 Å². The molecule has 0 N–H and O–H groups in total. The number of para-hydroxylation sites is 1. The van der Waals surface area contributed by atoms with Crippen LogP contribution in [-0.2, 0) is 4.79 Å². The van der Waals surface area contributed by atoms with Gasteiger partial charge in [0.25, 0.3) is 11.8 Å². The number of benzene rings is 2. The Hall–Kier alpha value is -4.07. The summed E-state index contributed by atoms with van der Waals surface area (Å²) in [5, 5.41) is 6.11. The van der Waals surface area contributed by atoms with E-state index in [1.807, 2.05) is 48.5 Å². The fraction of sp³-hybridized carbons (Fsp3) is 0.240. The molecule has 0 fully saturated rings. The Morgan fingerprint density at radius 1 is 1.09 bits per heavy atom. The first-order valence-electron chi connectivity index (χ1n) is 10.5. The van der Waals surface area contributed by atoms with Crippen LogP contribution in [0.4, 0.5) is 0 Å². The van der Waals surface area contributed by atoms with E-state index in [0.717, 1.165) is 16.8 Å². The maximum Gasteiger partial charge on any atom is 0.289 e. The van der Waals surface area contributed by atoms with Crippen molar-refractivity contribution in [3.8, 4) is 11.5 Å². The molecule has 0 bridgehead atoms. The van der Waals surface area contributed by atoms with Crippen LogP contribution in [0.1, 0.15) is 34.1 Å². The SMILES string of the molecule is COc1cccc(C2=NN(C(=O)CN(C)C(=O)c3ccco3)[C@H](c3ccccc3OC)C2)c1. The smallest absolute Gasteiger partial charge is 0.289 e. The van der Waals surface area contributed by atoms with Gasteiger partial charge < -0.3 is 18.8 Å². The Morgan fingerprint density at radius 3 is 2.64 bits per heavy atom. The predicted molar refractivity (Wildman–Crippen MR) is 122 cm³/mol. The van der Waals surface area contributed by atoms with Crippen molar-refractivity contribution in [1.82, 2.24) is 9.91 Å². The van der Waals surface area contributed by atoms with Crippen LogP contribution in [-0.4, -0.2) is 55.2 Å². The highest BCUT2D eigenvalue weighted by atomic mass is 16.5. The number of carbonyl (C=O) groups excluding carboxylic acids is 2. The summed E-state index contributed by atoms with van der Waals surface area (Å²) in [6, 6.07) is 17.9. The number of likely N-dealkylation sites (N-methyl/N-ethyl adjacent to an activating group) is 1. The van der Waals surface area contributed by atoms with Gasteiger partial charge in [0.1, 0.15) is 18.0 Å². The average Bonchev–Trinajstić information content (AvgIpc) is 3.54. The molecular weight excluding hydrogens is 422 g/mol. The van der Waals surface area contributed by atoms with Crippen molar-refractivity contribution in [2.45, 2.75) is 12.5 Å². The van der Waals surface area contributed by atoms with Crippen molar-refractivity contribution in [2.24, 2.45) is 5.10 Å². The summed E-state index contributed by atoms with van der Waals surface area (Å²) >= 11 is 0. The second-order valence-corrected chi connectivity index (χ2v) is 7.62. The molecule has 1 aliphatic rings. The van der Waals surface area contributed by atoms with Crippen molar-refractivity contribution >= 4 is 17.5 Å². The van der Waals surface area contributed by atoms with Crippen LogP contribution in [0, 0.1) is 0 Å². The van der Waals surface area contributed by atoms with Gasteiger partial charge in [0.15, 0.2) is 5.76 Å². The summed E-state index contributed by atoms with van der Waals surface area (Å²) < 4.78 is 16.1. The Kier molecular flexibility index (Phi) is 6.44. The van der Waals surface area contributed by atoms with Crippen LogP contribution in [0.3, 0.4) is 0 Å². The van der Waals surface area contributed by atoms with E-state index in [9.17, 15) is 9.59 Å². The van der Waals surface area contributed by atoms with Gasteiger partial charge in [0.2, 0.25) is 0 Å². The number of amides is 2. The molecule has 0 aliphatic carbocycles. The first kappa shape index (κ1) is 22.1. The number of methoxy groups -OCH3 is 2. The van der Waals surface area contributed by atoms with E-state index in [0.29, 0.717) is 17.9 Å². The number of hydrazone groups is 1. The van der Waals surface area contributed by atoms with Crippen LogP contribution in [0.15, 0.2) is 76.4 Å². The molecule has 2 heterocycles. The number of rotatable bonds is 7. The van der Waals surface area contributed by atoms with Crippen molar-refractivity contribution in [2.75, 3.05) is 27.8 Å². The van der Waals surface area contributed by atoms with Crippen molar-refractivity contribution in [1.29, 1.82) is 0 Å². The molecule has 2 aromatic carbocycles. The maximum absolute atomic E-state index is 13.3. The predicted octanol–water partition coefficient (Wildman–Crippen LogP) is 3.75. The van der Waals surface area contributed by atoms with E-state index < -0.39 is 0 Å². The highest BCUT2D eigenvalue weighted by molar-refractivity contribution is 6.04. The van der Waals surface area contributed by atoms with Crippen molar-refractivity contribution < 1.29 is 23.5 Å². The lowest BCUT2D eigenvalue weighted by Crippen LogP contribution is -2.39. The first-order valence-corrected chi connectivity index (χ1v) is 10.5. The molecule has 4 rings (SSSR count). The molecule has 0 saturated heterocycles. The zero-order valence-corrected chi connectivity index (χ0v) is 18.7. The number of hydrogen-bond acceptors (Lipinski definition) is 6. The minimum Gasteiger partial charge on any atom is -0.497 e. The molecule has 8 nitrogen and oxygen atoms in total. The summed E-state index contributed by atoms with van der Waals surface area (Å²) in [5.74, 6) is 0.859. The molecule has 0 saturated carbocycles. The van der Waals surface area contributed by atoms with Gasteiger partial charge in [-0.2, -0.15) is 5.10 Å². The summed E-state index contributed by atoms with van der Waals surface area (Å²) in [6.45, 7) is -0.153. The third-order valence-corrected chi connectivity index (χ3v) is 5.52. The van der Waals surface area contributed by atoms with Crippen molar-refractivity contribution in [3.05, 3.63) is 83.8 Å². The zero-order chi connectivity index (χ0) is 23.4. The number of carbonyl (C=O) groups is 2. The Labute approximate surface area is 192 Å². The first-order chi connectivity index (χ1) is 16.0. The quantitative estimate of drug-likeness (QED) is 0.551. The van der Waals surface area contributed by atoms with E-state index >= 15 is 0 Å². The molecule has 0 spiro atoms. The van der Waals surface area contributed by atoms with Gasteiger partial charge in [-0.1, -0.05) is 30.3 Å². The molecule has 8 heteroatoms. The number of ether oxygens (including phenoxy) is 2. The lowest BCUT2D eigenvalue weighted by Gasteiger charge is -2.25. The van der Waals surface area contributed by atoms with Crippen LogP contribution >= 0.6 is 0 Å². The van der Waals surface area contributed by atoms with Crippen LogP contribution in [0.2, 0.25) is 0 Å². The topological polar surface area (TPSA) is 84.6 Å². The third-order valence-electron chi connectivity index (χ3n) is 5.52. The summed E-state index contributed by atoms with van der Waals surface area (Å²) in [4.78, 5) is 27.2. The number of hydrogen-bond donors (Lipinski definition) is 0. The standard InChI is InChI=1S/C25H25N3O5/c1-27(25(30)23-12-7-13-33-23)16-24(29)28-21(19-10-4-5-11-22(19)32-3)15-20(26-28)17-8-6-9-18(14-17)31-2/h4-14,21H,15-16H2,1-3H3/t21-/m0/s1. The molecule has 1 atom stereocenters. The van der Waals surface area contributed by atoms with Gasteiger partial charge in [0, 0.05) is 24.6 Å². The molecule has 2 amide bonds. The van der Waals surface area contributed by atoms with Gasteiger partial charge in [-0.25, -0.2) is 5.01 Å². The Bertz CT molecular complexity index is 1170. The lowest BCUT2D eigenvalue weighted by molar-refractivity contribution is -0.133. The molecule has 170 valence electrons. The van der Waals surface area contributed by atoms with E-state index in [-0.39, 0.29) is 30.2 Å². The third kappa shape index (κ3) is 4.59. The fourth-order valence-electron chi connectivity index (χ4n) is 3.84. The second-order valence-electron chi connectivity index (χ2n) is 7.62. The molecule has 1 aromatic heterocycles. The monoisotopic (exact) mass is 447 g/mol. The van der Waals surface area contributed by atoms with Gasteiger partial charge in [-0.05, 0) is 30.3 Å². The highest BCUT2D eigenvalue weighted by Crippen LogP contribution is 2.37. The number of nitrogens with zero attached hydrogens (tertiary/aromatic N) is 3. The fourth-order valence-corrected chi connectivity index (χ4v) is 3.84. The normalized spacial score (nSPS) is 15.2. The van der Waals surface area contributed by atoms with Crippen LogP contribution < -0.4 is 9.47 Å². The van der Waals surface area contributed by atoms with Crippen LogP contribution in [0.5, 0.6) is 11.5 Å². The summed E-state index contributed by atoms with van der Waals surface area (Å²) in [6.07, 6.45) is 1.92. The molecular formula is C25H25N3O5. The second kappa shape index (κ2) is 9.60. The molecule has 1 aliphatic heterocycles. The highest BCUT2D eigenvalue weighted by Gasteiger charge is 2.35. The molecule has 3 aromatic rings. The van der Waals surface area contributed by atoms with E-state index in [2.05, 4.69) is 5.10 Å². The van der Waals surface area contributed by atoms with Gasteiger partial charge in [-0.15, -0.1) is 0 Å². The minimum absolute atomic E-state index is 0.153. The Morgan fingerprint density at radius 2 is 1.91 bits per heavy atom. The minimum atomic E-state index is -0.376. The zero-order valence-electron chi connectivity index (χ0n) is 18.7. The molecule has 0 radical (unpaired) electrons. The average molecular weight is 447 g/mol. The summed E-state index contributed by atoms with van der Waals surface area (Å²) in [5.41, 5.74) is 2.46. The molecule has 33 heavy (non-hydrogen) atoms. The maximum atomic E-state index is 13.3. The number of furan rings is 1. The van der Waals surface area contributed by atoms with Gasteiger partial charge in [0.05, 0.1) is 32.2 Å². The lowest BCUT2D eigenvalue weighted by atomic mass is 9.97. The summed E-state index contributed by atoms with van der Waals surface area (Å²) in [7, 11) is 4.76. The largest absolute Gasteiger partial charge is 0.497 e. The van der Waals surface area contributed by atoms with Crippen molar-refractivity contribution in [3.63, 3.8) is 0 Å². The van der Waals surface area contributed by atoms with Gasteiger partial charge >= 0.3 is 0 Å². The Balaban J connectivity index is 1.64. The van der Waals surface area contributed by atoms with E-state index in [4.69, 9.17) is 13.9 Å². The van der Waals surface area contributed by atoms with Gasteiger partial charge in [-0.3, -0.25) is 9.59 Å². The van der Waals surface area contributed by atoms with E-state index in [1.165, 1.54) is 16.2 Å².